The second-order valence-electron chi connectivity index (χ2n) is 6.62. The Morgan fingerprint density at radius 2 is 1.78 bits per heavy atom. The summed E-state index contributed by atoms with van der Waals surface area (Å²) in [4.78, 5) is 15.9. The van der Waals surface area contributed by atoms with Gasteiger partial charge in [0.05, 0.1) is 12.1 Å². The van der Waals surface area contributed by atoms with Crippen LogP contribution in [0.5, 0.6) is 0 Å². The smallest absolute Gasteiger partial charge is 0.239 e. The highest BCUT2D eigenvalue weighted by Gasteiger charge is 2.21. The average molecular weight is 331 g/mol. The van der Waals surface area contributed by atoms with Gasteiger partial charge in [-0.15, -0.1) is 11.3 Å². The molecule has 0 saturated carbocycles. The number of rotatable bonds is 3. The van der Waals surface area contributed by atoms with Crippen LogP contribution < -0.4 is 5.32 Å². The van der Waals surface area contributed by atoms with E-state index in [0.29, 0.717) is 6.54 Å². The van der Waals surface area contributed by atoms with Crippen LogP contribution in [-0.4, -0.2) is 30.4 Å². The zero-order valence-corrected chi connectivity index (χ0v) is 14.5. The molecule has 0 spiro atoms. The lowest BCUT2D eigenvalue weighted by molar-refractivity contribution is -0.117. The fourth-order valence-corrected chi connectivity index (χ4v) is 4.87. The van der Waals surface area contributed by atoms with E-state index >= 15 is 0 Å². The summed E-state index contributed by atoms with van der Waals surface area (Å²) in [5.41, 5.74) is 1.92. The molecule has 0 radical (unpaired) electrons. The van der Waals surface area contributed by atoms with Gasteiger partial charge in [-0.3, -0.25) is 9.69 Å². The third kappa shape index (κ3) is 4.13. The highest BCUT2D eigenvalue weighted by molar-refractivity contribution is 7.16. The minimum Gasteiger partial charge on any atom is -0.315 e. The van der Waals surface area contributed by atoms with E-state index in [2.05, 4.69) is 16.3 Å². The van der Waals surface area contributed by atoms with Gasteiger partial charge in [0.2, 0.25) is 5.91 Å². The van der Waals surface area contributed by atoms with Crippen molar-refractivity contribution in [2.45, 2.75) is 57.8 Å². The molecule has 1 aromatic rings. The fraction of sp³-hybridized carbons (Fsp3) is 0.667. The van der Waals surface area contributed by atoms with E-state index in [-0.39, 0.29) is 5.91 Å². The molecule has 2 aliphatic rings. The molecule has 5 heteroatoms. The van der Waals surface area contributed by atoms with E-state index in [1.165, 1.54) is 49.0 Å². The zero-order chi connectivity index (χ0) is 16.1. The molecule has 0 atom stereocenters. The number of hydrogen-bond donors (Lipinski definition) is 1. The lowest BCUT2D eigenvalue weighted by Crippen LogP contribution is -2.36. The first kappa shape index (κ1) is 16.5. The standard InChI is InChI=1S/C18H25N3OS/c19-12-15-14-8-4-1-2-5-9-16(14)23-18(15)20-17(22)13-21-10-6-3-7-11-21/h1-11,13H2,(H,20,22). The fourth-order valence-electron chi connectivity index (χ4n) is 3.61. The first-order chi connectivity index (χ1) is 11.3. The van der Waals surface area contributed by atoms with E-state index in [9.17, 15) is 10.1 Å². The summed E-state index contributed by atoms with van der Waals surface area (Å²) in [5.74, 6) is 0.0256. The van der Waals surface area contributed by atoms with Crippen molar-refractivity contribution < 1.29 is 4.79 Å². The van der Waals surface area contributed by atoms with Crippen LogP contribution in [0.3, 0.4) is 0 Å². The van der Waals surface area contributed by atoms with Crippen LogP contribution in [-0.2, 0) is 17.6 Å². The van der Waals surface area contributed by atoms with E-state index in [1.54, 1.807) is 11.3 Å². The van der Waals surface area contributed by atoms with Crippen LogP contribution in [0.15, 0.2) is 0 Å². The van der Waals surface area contributed by atoms with Crippen LogP contribution >= 0.6 is 11.3 Å². The minimum absolute atomic E-state index is 0.0256. The maximum absolute atomic E-state index is 12.3. The number of likely N-dealkylation sites (tertiary alicyclic amines) is 1. The van der Waals surface area contributed by atoms with Gasteiger partial charge in [0, 0.05) is 4.88 Å². The lowest BCUT2D eigenvalue weighted by atomic mass is 9.97. The van der Waals surface area contributed by atoms with Crippen molar-refractivity contribution in [3.8, 4) is 6.07 Å². The maximum Gasteiger partial charge on any atom is 0.239 e. The molecule has 1 aromatic heterocycles. The number of nitriles is 1. The highest BCUT2D eigenvalue weighted by atomic mass is 32.1. The summed E-state index contributed by atoms with van der Waals surface area (Å²) in [6, 6.07) is 2.34. The first-order valence-corrected chi connectivity index (χ1v) is 9.66. The number of carbonyl (C=O) groups is 1. The Morgan fingerprint density at radius 1 is 1.09 bits per heavy atom. The quantitative estimate of drug-likeness (QED) is 0.919. The number of nitrogens with one attached hydrogen (secondary N) is 1. The van der Waals surface area contributed by atoms with Gasteiger partial charge in [-0.1, -0.05) is 19.3 Å². The molecule has 2 heterocycles. The Balaban J connectivity index is 1.70. The SMILES string of the molecule is N#Cc1c(NC(=O)CN2CCCCC2)sc2c1CCCCCC2. The largest absolute Gasteiger partial charge is 0.315 e. The molecular formula is C18H25N3OS. The summed E-state index contributed by atoms with van der Waals surface area (Å²) in [7, 11) is 0. The molecule has 0 unspecified atom stereocenters. The van der Waals surface area contributed by atoms with E-state index in [1.807, 2.05) is 0 Å². The number of thiophene rings is 1. The molecule has 3 rings (SSSR count). The van der Waals surface area contributed by atoms with Gasteiger partial charge in [-0.25, -0.2) is 0 Å². The molecule has 1 saturated heterocycles. The second kappa shape index (κ2) is 7.94. The monoisotopic (exact) mass is 331 g/mol. The van der Waals surface area contributed by atoms with E-state index in [4.69, 9.17) is 0 Å². The van der Waals surface area contributed by atoms with Gasteiger partial charge >= 0.3 is 0 Å². The number of anilines is 1. The zero-order valence-electron chi connectivity index (χ0n) is 13.7. The molecule has 4 nitrogen and oxygen atoms in total. The Bertz CT molecular complexity index is 596. The van der Waals surface area contributed by atoms with Crippen LogP contribution in [0.4, 0.5) is 5.00 Å². The molecule has 1 aliphatic heterocycles. The Labute approximate surface area is 142 Å². The van der Waals surface area contributed by atoms with E-state index in [0.717, 1.165) is 42.9 Å². The lowest BCUT2D eigenvalue weighted by Gasteiger charge is -2.25. The van der Waals surface area contributed by atoms with Crippen LogP contribution in [0.1, 0.15) is 60.9 Å². The topological polar surface area (TPSA) is 56.1 Å². The summed E-state index contributed by atoms with van der Waals surface area (Å²) in [6.45, 7) is 2.48. The minimum atomic E-state index is 0.0256. The molecule has 0 aromatic carbocycles. The molecule has 1 amide bonds. The summed E-state index contributed by atoms with van der Waals surface area (Å²) >= 11 is 1.63. The number of fused-ring (bicyclic) bond motifs is 1. The van der Waals surface area contributed by atoms with Crippen molar-refractivity contribution in [2.24, 2.45) is 0 Å². The van der Waals surface area contributed by atoms with Crippen molar-refractivity contribution in [3.63, 3.8) is 0 Å². The molecule has 1 aliphatic carbocycles. The average Bonchev–Trinajstić information content (AvgIpc) is 2.84. The van der Waals surface area contributed by atoms with E-state index < -0.39 is 0 Å². The molecule has 23 heavy (non-hydrogen) atoms. The van der Waals surface area contributed by atoms with Gasteiger partial charge in [-0.05, 0) is 57.2 Å². The van der Waals surface area contributed by atoms with Crippen LogP contribution in [0.2, 0.25) is 0 Å². The van der Waals surface area contributed by atoms with Crippen molar-refractivity contribution in [1.29, 1.82) is 5.26 Å². The first-order valence-electron chi connectivity index (χ1n) is 8.85. The number of piperidine rings is 1. The molecule has 0 bridgehead atoms. The maximum atomic E-state index is 12.3. The van der Waals surface area contributed by atoms with Gasteiger partial charge in [0.15, 0.2) is 0 Å². The number of nitrogens with zero attached hydrogens (tertiary/aromatic N) is 2. The number of carbonyl (C=O) groups excluding carboxylic acids is 1. The Hall–Kier alpha value is -1.38. The summed E-state index contributed by atoms with van der Waals surface area (Å²) in [6.07, 6.45) is 10.5. The Kier molecular flexibility index (Phi) is 5.69. The summed E-state index contributed by atoms with van der Waals surface area (Å²) in [5, 5.41) is 13.4. The van der Waals surface area contributed by atoms with Crippen molar-refractivity contribution in [2.75, 3.05) is 25.0 Å². The van der Waals surface area contributed by atoms with Gasteiger partial charge < -0.3 is 5.32 Å². The number of hydrogen-bond acceptors (Lipinski definition) is 4. The third-order valence-corrected chi connectivity index (χ3v) is 6.06. The van der Waals surface area contributed by atoms with Crippen LogP contribution in [0, 0.1) is 11.3 Å². The van der Waals surface area contributed by atoms with Crippen molar-refractivity contribution >= 4 is 22.2 Å². The predicted octanol–water partition coefficient (Wildman–Crippen LogP) is 3.70. The Morgan fingerprint density at radius 3 is 2.52 bits per heavy atom. The van der Waals surface area contributed by atoms with Crippen molar-refractivity contribution in [3.05, 3.63) is 16.0 Å². The molecule has 124 valence electrons. The van der Waals surface area contributed by atoms with Gasteiger partial charge in [0.1, 0.15) is 11.1 Å². The normalized spacial score (nSPS) is 19.3. The van der Waals surface area contributed by atoms with Gasteiger partial charge in [-0.2, -0.15) is 5.26 Å². The summed E-state index contributed by atoms with van der Waals surface area (Å²) < 4.78 is 0. The van der Waals surface area contributed by atoms with Gasteiger partial charge in [0.25, 0.3) is 0 Å². The third-order valence-electron chi connectivity index (χ3n) is 4.85. The molecule has 1 fully saturated rings. The predicted molar refractivity (Wildman–Crippen MR) is 93.8 cm³/mol. The number of amides is 1. The molecular weight excluding hydrogens is 306 g/mol. The molecule has 1 N–H and O–H groups in total. The number of aryl methyl sites for hydroxylation is 1. The van der Waals surface area contributed by atoms with Crippen LogP contribution in [0.25, 0.3) is 0 Å². The van der Waals surface area contributed by atoms with Crippen molar-refractivity contribution in [1.82, 2.24) is 4.90 Å². The highest BCUT2D eigenvalue weighted by Crippen LogP contribution is 2.36. The second-order valence-corrected chi connectivity index (χ2v) is 7.72.